The van der Waals surface area contributed by atoms with E-state index in [1.807, 2.05) is 0 Å². The Balaban J connectivity index is 1.96. The van der Waals surface area contributed by atoms with Crippen LogP contribution >= 0.6 is 0 Å². The Hall–Kier alpha value is -3.19. The maximum absolute atomic E-state index is 12.9. The molecule has 1 aromatic carbocycles. The lowest BCUT2D eigenvalue weighted by molar-refractivity contribution is -0.140. The van der Waals surface area contributed by atoms with Crippen molar-refractivity contribution in [1.82, 2.24) is 9.88 Å². The van der Waals surface area contributed by atoms with Gasteiger partial charge in [-0.2, -0.15) is 0 Å². The molecule has 2 aromatic rings. The van der Waals surface area contributed by atoms with Gasteiger partial charge in [-0.25, -0.2) is 0 Å². The lowest BCUT2D eigenvalue weighted by atomic mass is 9.96. The van der Waals surface area contributed by atoms with E-state index in [1.54, 1.807) is 55.9 Å². The van der Waals surface area contributed by atoms with Crippen LogP contribution in [0.2, 0.25) is 0 Å². The molecule has 1 N–H and O–H groups in total. The van der Waals surface area contributed by atoms with Crippen molar-refractivity contribution in [2.75, 3.05) is 26.9 Å². The minimum atomic E-state index is -0.703. The second kappa shape index (κ2) is 10.7. The number of carbonyl (C=O) groups is 2. The SMILES string of the molecule is CCCCOc1ccc(/C(O)=C2\C(=O)C(=O)N(CCCOC)C2c2cccnc2)cc1. The number of amides is 1. The minimum absolute atomic E-state index is 0.0649. The fourth-order valence-corrected chi connectivity index (χ4v) is 3.57. The highest BCUT2D eigenvalue weighted by Gasteiger charge is 2.45. The van der Waals surface area contributed by atoms with Crippen LogP contribution in [0.15, 0.2) is 54.4 Å². The summed E-state index contributed by atoms with van der Waals surface area (Å²) in [5, 5.41) is 11.0. The van der Waals surface area contributed by atoms with E-state index < -0.39 is 17.7 Å². The fourth-order valence-electron chi connectivity index (χ4n) is 3.57. The van der Waals surface area contributed by atoms with E-state index in [4.69, 9.17) is 9.47 Å². The molecule has 3 rings (SSSR count). The van der Waals surface area contributed by atoms with Crippen LogP contribution in [0.25, 0.3) is 5.76 Å². The average molecular weight is 424 g/mol. The van der Waals surface area contributed by atoms with Crippen LogP contribution in [0.3, 0.4) is 0 Å². The van der Waals surface area contributed by atoms with Crippen molar-refractivity contribution in [3.8, 4) is 5.75 Å². The Morgan fingerprint density at radius 1 is 1.13 bits per heavy atom. The largest absolute Gasteiger partial charge is 0.507 e. The van der Waals surface area contributed by atoms with E-state index in [-0.39, 0.29) is 11.3 Å². The first kappa shape index (κ1) is 22.5. The van der Waals surface area contributed by atoms with E-state index >= 15 is 0 Å². The summed E-state index contributed by atoms with van der Waals surface area (Å²) in [5.41, 5.74) is 1.18. The van der Waals surface area contributed by atoms with Crippen LogP contribution in [0, 0.1) is 0 Å². The number of benzene rings is 1. The molecule has 7 nitrogen and oxygen atoms in total. The van der Waals surface area contributed by atoms with Crippen LogP contribution in [0.4, 0.5) is 0 Å². The van der Waals surface area contributed by atoms with E-state index in [1.165, 1.54) is 4.90 Å². The number of rotatable bonds is 10. The summed E-state index contributed by atoms with van der Waals surface area (Å²) in [6, 6.07) is 9.71. The van der Waals surface area contributed by atoms with Gasteiger partial charge in [-0.3, -0.25) is 14.6 Å². The van der Waals surface area contributed by atoms with E-state index in [9.17, 15) is 14.7 Å². The molecule has 2 heterocycles. The van der Waals surface area contributed by atoms with Crippen LogP contribution in [0.5, 0.6) is 5.75 Å². The van der Waals surface area contributed by atoms with Gasteiger partial charge in [0, 0.05) is 38.2 Å². The topological polar surface area (TPSA) is 89.0 Å². The number of carbonyl (C=O) groups excluding carboxylic acids is 2. The van der Waals surface area contributed by atoms with Crippen molar-refractivity contribution >= 4 is 17.4 Å². The average Bonchev–Trinajstić information content (AvgIpc) is 3.05. The standard InChI is InChI=1S/C24H28N2O5/c1-3-4-15-31-19-10-8-17(9-11-19)22(27)20-21(18-7-5-12-25-16-18)26(13-6-14-30-2)24(29)23(20)28/h5,7-12,16,21,27H,3-4,6,13-15H2,1-2H3/b22-20+. The van der Waals surface area contributed by atoms with Crippen LogP contribution in [-0.2, 0) is 14.3 Å². The lowest BCUT2D eigenvalue weighted by Crippen LogP contribution is -2.31. The molecule has 164 valence electrons. The third kappa shape index (κ3) is 5.11. The molecule has 1 amide bonds. The highest BCUT2D eigenvalue weighted by molar-refractivity contribution is 6.46. The summed E-state index contributed by atoms with van der Waals surface area (Å²) >= 11 is 0. The van der Waals surface area contributed by atoms with E-state index in [0.717, 1.165) is 12.8 Å². The van der Waals surface area contributed by atoms with Crippen molar-refractivity contribution in [1.29, 1.82) is 0 Å². The van der Waals surface area contributed by atoms with Gasteiger partial charge in [0.2, 0.25) is 0 Å². The molecular weight excluding hydrogens is 396 g/mol. The third-order valence-corrected chi connectivity index (χ3v) is 5.18. The Morgan fingerprint density at radius 2 is 1.90 bits per heavy atom. The van der Waals surface area contributed by atoms with E-state index in [0.29, 0.717) is 43.1 Å². The normalized spacial score (nSPS) is 17.9. The number of Topliss-reactive ketones (excluding diaryl/α,β-unsaturated/α-hetero) is 1. The zero-order valence-electron chi connectivity index (χ0n) is 17.9. The molecule has 1 aliphatic rings. The van der Waals surface area contributed by atoms with Crippen molar-refractivity contribution in [3.05, 3.63) is 65.5 Å². The molecule has 1 unspecified atom stereocenters. The van der Waals surface area contributed by atoms with Gasteiger partial charge in [0.1, 0.15) is 11.5 Å². The number of likely N-dealkylation sites (tertiary alicyclic amines) is 1. The molecular formula is C24H28N2O5. The van der Waals surface area contributed by atoms with Gasteiger partial charge >= 0.3 is 0 Å². The number of unbranched alkanes of at least 4 members (excludes halogenated alkanes) is 1. The van der Waals surface area contributed by atoms with Gasteiger partial charge < -0.3 is 19.5 Å². The molecule has 7 heteroatoms. The minimum Gasteiger partial charge on any atom is -0.507 e. The van der Waals surface area contributed by atoms with Crippen LogP contribution in [-0.4, -0.2) is 53.5 Å². The Morgan fingerprint density at radius 3 is 2.55 bits per heavy atom. The van der Waals surface area contributed by atoms with Crippen molar-refractivity contribution < 1.29 is 24.2 Å². The van der Waals surface area contributed by atoms with Gasteiger partial charge in [0.25, 0.3) is 11.7 Å². The number of nitrogens with zero attached hydrogens (tertiary/aromatic N) is 2. The number of aromatic nitrogens is 1. The second-order valence-electron chi connectivity index (χ2n) is 7.35. The smallest absolute Gasteiger partial charge is 0.295 e. The summed E-state index contributed by atoms with van der Waals surface area (Å²) in [6.45, 7) is 3.50. The van der Waals surface area contributed by atoms with Crippen molar-refractivity contribution in [2.24, 2.45) is 0 Å². The monoisotopic (exact) mass is 424 g/mol. The number of hydrogen-bond donors (Lipinski definition) is 1. The molecule has 1 aromatic heterocycles. The molecule has 1 fully saturated rings. The predicted molar refractivity (Wildman–Crippen MR) is 117 cm³/mol. The number of pyridine rings is 1. The number of ketones is 1. The zero-order valence-corrected chi connectivity index (χ0v) is 17.9. The van der Waals surface area contributed by atoms with Crippen molar-refractivity contribution in [3.63, 3.8) is 0 Å². The second-order valence-corrected chi connectivity index (χ2v) is 7.35. The molecule has 0 bridgehead atoms. The van der Waals surface area contributed by atoms with Gasteiger partial charge in [-0.15, -0.1) is 0 Å². The molecule has 0 saturated carbocycles. The van der Waals surface area contributed by atoms with Crippen molar-refractivity contribution in [2.45, 2.75) is 32.2 Å². The molecule has 1 atom stereocenters. The summed E-state index contributed by atoms with van der Waals surface area (Å²) < 4.78 is 10.7. The summed E-state index contributed by atoms with van der Waals surface area (Å²) in [5.74, 6) is -0.853. The third-order valence-electron chi connectivity index (χ3n) is 5.18. The molecule has 1 saturated heterocycles. The maximum atomic E-state index is 12.9. The highest BCUT2D eigenvalue weighted by atomic mass is 16.5. The number of ether oxygens (including phenoxy) is 2. The number of methoxy groups -OCH3 is 1. The molecule has 0 spiro atoms. The highest BCUT2D eigenvalue weighted by Crippen LogP contribution is 2.39. The van der Waals surface area contributed by atoms with Gasteiger partial charge in [0.05, 0.1) is 18.2 Å². The lowest BCUT2D eigenvalue weighted by Gasteiger charge is -2.25. The molecule has 1 aliphatic heterocycles. The van der Waals surface area contributed by atoms with Gasteiger partial charge in [0.15, 0.2) is 0 Å². The zero-order chi connectivity index (χ0) is 22.2. The Kier molecular flexibility index (Phi) is 7.78. The first-order valence-corrected chi connectivity index (χ1v) is 10.5. The number of aliphatic hydroxyl groups excluding tert-OH is 1. The Labute approximate surface area is 182 Å². The van der Waals surface area contributed by atoms with E-state index in [2.05, 4.69) is 11.9 Å². The first-order chi connectivity index (χ1) is 15.1. The predicted octanol–water partition coefficient (Wildman–Crippen LogP) is 3.72. The van der Waals surface area contributed by atoms with Crippen LogP contribution < -0.4 is 4.74 Å². The number of aliphatic hydroxyl groups is 1. The molecule has 0 aliphatic carbocycles. The molecule has 0 radical (unpaired) electrons. The summed E-state index contributed by atoms with van der Waals surface area (Å²) in [4.78, 5) is 31.3. The maximum Gasteiger partial charge on any atom is 0.295 e. The fraction of sp³-hybridized carbons (Fsp3) is 0.375. The first-order valence-electron chi connectivity index (χ1n) is 10.5. The Bertz CT molecular complexity index is 925. The van der Waals surface area contributed by atoms with Gasteiger partial charge in [-0.05, 0) is 48.7 Å². The molecule has 31 heavy (non-hydrogen) atoms. The quantitative estimate of drug-likeness (QED) is 0.271. The number of hydrogen-bond acceptors (Lipinski definition) is 6. The van der Waals surface area contributed by atoms with Crippen LogP contribution in [0.1, 0.15) is 43.4 Å². The summed E-state index contributed by atoms with van der Waals surface area (Å²) in [7, 11) is 1.59. The summed E-state index contributed by atoms with van der Waals surface area (Å²) in [6.07, 6.45) is 5.80. The van der Waals surface area contributed by atoms with Gasteiger partial charge in [-0.1, -0.05) is 19.4 Å².